The molecule has 2 aromatic heterocycles. The lowest BCUT2D eigenvalue weighted by molar-refractivity contribution is -0.671. The number of nitrogens with zero attached hydrogens (tertiary/aromatic N) is 4. The van der Waals surface area contributed by atoms with Gasteiger partial charge in [-0.2, -0.15) is 0 Å². The Morgan fingerprint density at radius 3 is 2.44 bits per heavy atom. The first-order valence-electron chi connectivity index (χ1n) is 13.1. The molecular weight excluding hydrogens is 597 g/mol. The van der Waals surface area contributed by atoms with Crippen LogP contribution in [-0.2, 0) is 39.7 Å². The topological polar surface area (TPSA) is 124 Å². The number of imidazole rings is 1. The van der Waals surface area contributed by atoms with Gasteiger partial charge >= 0.3 is 5.97 Å². The van der Waals surface area contributed by atoms with E-state index in [1.54, 1.807) is 60.5 Å². The minimum Gasteiger partial charge on any atom is -0.497 e. The Kier molecular flexibility index (Phi) is 9.21. The monoisotopic (exact) mass is 630 g/mol. The average Bonchev–Trinajstić information content (AvgIpc) is 3.53. The predicted octanol–water partition coefficient (Wildman–Crippen LogP) is 4.21. The molecule has 0 radical (unpaired) electrons. The molecule has 0 atom stereocenters. The quantitative estimate of drug-likeness (QED) is 0.206. The molecule has 0 aliphatic carbocycles. The first kappa shape index (κ1) is 31.6. The van der Waals surface area contributed by atoms with Crippen molar-refractivity contribution in [2.24, 2.45) is 7.05 Å². The zero-order valence-electron chi connectivity index (χ0n) is 24.6. The molecule has 14 heteroatoms. The number of amides is 1. The lowest BCUT2D eigenvalue weighted by Crippen LogP contribution is -2.32. The molecular formula is C29H33FN5O6S2+. The second kappa shape index (κ2) is 12.5. The zero-order chi connectivity index (χ0) is 31.5. The van der Waals surface area contributed by atoms with Gasteiger partial charge in [-0.15, -0.1) is 11.3 Å². The summed E-state index contributed by atoms with van der Waals surface area (Å²) in [5.41, 5.74) is 1.55. The summed E-state index contributed by atoms with van der Waals surface area (Å²) in [6.45, 7) is 6.64. The van der Waals surface area contributed by atoms with Crippen molar-refractivity contribution in [3.63, 3.8) is 0 Å². The Balaban J connectivity index is 1.67. The van der Waals surface area contributed by atoms with Crippen LogP contribution in [0.4, 0.5) is 15.1 Å². The number of aromatic nitrogens is 3. The number of halogens is 1. The molecule has 1 N–H and O–H groups in total. The summed E-state index contributed by atoms with van der Waals surface area (Å²) in [6.07, 6.45) is 3.56. The van der Waals surface area contributed by atoms with Gasteiger partial charge in [0.1, 0.15) is 34.1 Å². The van der Waals surface area contributed by atoms with Gasteiger partial charge in [0.15, 0.2) is 12.2 Å². The van der Waals surface area contributed by atoms with Gasteiger partial charge in [-0.3, -0.25) is 9.10 Å². The highest BCUT2D eigenvalue weighted by Gasteiger charge is 2.33. The maximum atomic E-state index is 15.3. The summed E-state index contributed by atoms with van der Waals surface area (Å²) in [5, 5.41) is 2.51. The van der Waals surface area contributed by atoms with Crippen LogP contribution in [0.25, 0.3) is 0 Å². The average molecular weight is 631 g/mol. The van der Waals surface area contributed by atoms with E-state index in [1.807, 2.05) is 20.2 Å². The van der Waals surface area contributed by atoms with E-state index in [2.05, 4.69) is 10.3 Å². The standard InChI is InChI=1S/C29H32FN5O6S2/c1-19-14-33(5)18-34(19)16-25(36)32-24-12-11-22(13-23(24)30)43(38,39)35(15-20-7-9-21(40-6)10-8-20)27-26(31-17-42-27)28(37)41-29(2,3)4/h7-14,17-18H,15-16H2,1-6H3/p+1. The lowest BCUT2D eigenvalue weighted by atomic mass is 10.2. The zero-order valence-corrected chi connectivity index (χ0v) is 26.3. The highest BCUT2D eigenvalue weighted by molar-refractivity contribution is 7.93. The van der Waals surface area contributed by atoms with Crippen LogP contribution in [0.2, 0.25) is 0 Å². The summed E-state index contributed by atoms with van der Waals surface area (Å²) in [4.78, 5) is 29.3. The number of benzene rings is 2. The molecule has 0 saturated heterocycles. The van der Waals surface area contributed by atoms with E-state index < -0.39 is 33.3 Å². The Hall–Kier alpha value is -4.30. The number of methoxy groups -OCH3 is 1. The fourth-order valence-corrected chi connectivity index (χ4v) is 6.64. The van der Waals surface area contributed by atoms with Gasteiger partial charge in [0.2, 0.25) is 6.33 Å². The minimum absolute atomic E-state index is 0.0121. The summed E-state index contributed by atoms with van der Waals surface area (Å²) >= 11 is 0.935. The van der Waals surface area contributed by atoms with Crippen LogP contribution >= 0.6 is 11.3 Å². The number of carbonyl (C=O) groups excluding carboxylic acids is 2. The number of esters is 1. The smallest absolute Gasteiger partial charge is 0.360 e. The number of hydrogen-bond acceptors (Lipinski definition) is 8. The fourth-order valence-electron chi connectivity index (χ4n) is 4.15. The molecule has 0 bridgehead atoms. The van der Waals surface area contributed by atoms with E-state index in [9.17, 15) is 18.0 Å². The van der Waals surface area contributed by atoms with Crippen molar-refractivity contribution >= 4 is 43.9 Å². The summed E-state index contributed by atoms with van der Waals surface area (Å²) < 4.78 is 58.5. The third-order valence-corrected chi connectivity index (χ3v) is 8.84. The molecule has 0 spiro atoms. The van der Waals surface area contributed by atoms with Gasteiger partial charge in [0.05, 0.1) is 36.8 Å². The van der Waals surface area contributed by atoms with E-state index in [1.165, 1.54) is 24.8 Å². The van der Waals surface area contributed by atoms with Gasteiger partial charge in [-0.25, -0.2) is 31.7 Å². The number of nitrogens with one attached hydrogen (secondary N) is 1. The number of rotatable bonds is 10. The molecule has 0 aliphatic rings. The van der Waals surface area contributed by atoms with Crippen LogP contribution in [0.1, 0.15) is 42.5 Å². The highest BCUT2D eigenvalue weighted by atomic mass is 32.2. The van der Waals surface area contributed by atoms with Crippen molar-refractivity contribution in [3.05, 3.63) is 83.3 Å². The molecule has 4 rings (SSSR count). The van der Waals surface area contributed by atoms with Crippen LogP contribution in [0.15, 0.2) is 65.4 Å². The molecule has 4 aromatic rings. The summed E-state index contributed by atoms with van der Waals surface area (Å²) in [6, 6.07) is 9.94. The Bertz CT molecular complexity index is 1740. The van der Waals surface area contributed by atoms with Crippen molar-refractivity contribution < 1.29 is 36.4 Å². The van der Waals surface area contributed by atoms with Gasteiger partial charge in [-0.1, -0.05) is 12.1 Å². The first-order chi connectivity index (χ1) is 20.2. The van der Waals surface area contributed by atoms with Crippen LogP contribution < -0.4 is 18.9 Å². The molecule has 0 aliphatic heterocycles. The maximum absolute atomic E-state index is 15.3. The van der Waals surface area contributed by atoms with Crippen molar-refractivity contribution in [3.8, 4) is 5.75 Å². The molecule has 0 unspecified atom stereocenters. The van der Waals surface area contributed by atoms with Crippen LogP contribution in [0.5, 0.6) is 5.75 Å². The van der Waals surface area contributed by atoms with Crippen LogP contribution in [0.3, 0.4) is 0 Å². The molecule has 2 aromatic carbocycles. The molecule has 0 saturated carbocycles. The number of hydrogen-bond donors (Lipinski definition) is 1. The van der Waals surface area contributed by atoms with E-state index >= 15 is 4.39 Å². The third-order valence-electron chi connectivity index (χ3n) is 6.13. The molecule has 11 nitrogen and oxygen atoms in total. The van der Waals surface area contributed by atoms with E-state index in [-0.39, 0.29) is 34.4 Å². The van der Waals surface area contributed by atoms with Crippen molar-refractivity contribution in [2.75, 3.05) is 16.7 Å². The maximum Gasteiger partial charge on any atom is 0.360 e. The van der Waals surface area contributed by atoms with Crippen molar-refractivity contribution in [1.82, 2.24) is 9.55 Å². The van der Waals surface area contributed by atoms with E-state index in [0.29, 0.717) is 11.3 Å². The second-order valence-corrected chi connectivity index (χ2v) is 13.4. The summed E-state index contributed by atoms with van der Waals surface area (Å²) in [5.74, 6) is -1.65. The van der Waals surface area contributed by atoms with Crippen molar-refractivity contribution in [2.45, 2.75) is 51.3 Å². The Morgan fingerprint density at radius 1 is 1.16 bits per heavy atom. The number of ether oxygens (including phenoxy) is 2. The third kappa shape index (κ3) is 7.56. The second-order valence-electron chi connectivity index (χ2n) is 10.7. The largest absolute Gasteiger partial charge is 0.497 e. The van der Waals surface area contributed by atoms with Crippen LogP contribution in [0, 0.1) is 12.7 Å². The van der Waals surface area contributed by atoms with Gasteiger partial charge in [-0.05, 0) is 56.7 Å². The number of sulfonamides is 1. The summed E-state index contributed by atoms with van der Waals surface area (Å²) in [7, 11) is -1.12. The molecule has 43 heavy (non-hydrogen) atoms. The predicted molar refractivity (Wildman–Crippen MR) is 159 cm³/mol. The Morgan fingerprint density at radius 2 is 1.86 bits per heavy atom. The normalized spacial score (nSPS) is 11.7. The SMILES string of the molecule is COc1ccc(CN(c2scnc2C(=O)OC(C)(C)C)S(=O)(=O)c2ccc(NC(=O)Cn3c[n+](C)cc3C)c(F)c2)cc1. The number of thiazole rings is 1. The molecule has 2 heterocycles. The van der Waals surface area contributed by atoms with E-state index in [4.69, 9.17) is 9.47 Å². The van der Waals surface area contributed by atoms with Gasteiger partial charge in [0.25, 0.3) is 15.9 Å². The van der Waals surface area contributed by atoms with Gasteiger partial charge < -0.3 is 14.8 Å². The fraction of sp³-hybridized carbons (Fsp3) is 0.310. The van der Waals surface area contributed by atoms with Crippen LogP contribution in [-0.4, -0.2) is 42.6 Å². The number of aryl methyl sites for hydroxylation is 2. The first-order valence-corrected chi connectivity index (χ1v) is 15.4. The molecule has 0 fully saturated rings. The van der Waals surface area contributed by atoms with Crippen molar-refractivity contribution in [1.29, 1.82) is 0 Å². The molecule has 1 amide bonds. The minimum atomic E-state index is -4.45. The molecule has 228 valence electrons. The van der Waals surface area contributed by atoms with E-state index in [0.717, 1.165) is 27.4 Å². The van der Waals surface area contributed by atoms with Gasteiger partial charge in [0, 0.05) is 6.92 Å². The number of carbonyl (C=O) groups is 2. The lowest BCUT2D eigenvalue weighted by Gasteiger charge is -2.25. The number of anilines is 2. The Labute approximate surface area is 253 Å². The highest BCUT2D eigenvalue weighted by Crippen LogP contribution is 2.34.